The molecule has 0 unspecified atom stereocenters. The Labute approximate surface area is 206 Å². The molecular formula is C28H34FN3O3. The fraction of sp³-hybridized carbons (Fsp3) is 0.464. The van der Waals surface area contributed by atoms with Crippen LogP contribution < -0.4 is 10.6 Å². The summed E-state index contributed by atoms with van der Waals surface area (Å²) >= 11 is 0. The molecule has 0 bridgehead atoms. The number of hydrogen-bond acceptors (Lipinski definition) is 3. The van der Waals surface area contributed by atoms with E-state index in [2.05, 4.69) is 10.6 Å². The van der Waals surface area contributed by atoms with Crippen molar-refractivity contribution in [3.8, 4) is 0 Å². The Morgan fingerprint density at radius 1 is 1.00 bits per heavy atom. The fourth-order valence-electron chi connectivity index (χ4n) is 5.37. The van der Waals surface area contributed by atoms with Crippen LogP contribution in [-0.2, 0) is 11.2 Å². The number of nitrogens with one attached hydrogen (secondary N) is 2. The zero-order valence-corrected chi connectivity index (χ0v) is 20.3. The van der Waals surface area contributed by atoms with E-state index in [1.54, 1.807) is 24.3 Å². The van der Waals surface area contributed by atoms with E-state index in [9.17, 15) is 18.8 Å². The summed E-state index contributed by atoms with van der Waals surface area (Å²) in [4.78, 5) is 39.9. The number of nitrogens with zero attached hydrogens (tertiary/aromatic N) is 1. The number of carbonyl (C=O) groups excluding carboxylic acids is 3. The first-order chi connectivity index (χ1) is 16.9. The van der Waals surface area contributed by atoms with Crippen molar-refractivity contribution in [1.82, 2.24) is 10.2 Å². The van der Waals surface area contributed by atoms with Gasteiger partial charge in [0.25, 0.3) is 0 Å². The van der Waals surface area contributed by atoms with Crippen molar-refractivity contribution in [2.24, 2.45) is 11.8 Å². The topological polar surface area (TPSA) is 78.5 Å². The van der Waals surface area contributed by atoms with Crippen LogP contribution in [0.4, 0.5) is 14.9 Å². The number of likely N-dealkylation sites (tertiary alicyclic amines) is 1. The van der Waals surface area contributed by atoms with Gasteiger partial charge in [0.15, 0.2) is 5.78 Å². The van der Waals surface area contributed by atoms with E-state index in [1.165, 1.54) is 19.1 Å². The van der Waals surface area contributed by atoms with Crippen molar-refractivity contribution in [2.75, 3.05) is 18.4 Å². The lowest BCUT2D eigenvalue weighted by molar-refractivity contribution is -0.139. The van der Waals surface area contributed by atoms with Gasteiger partial charge in [-0.3, -0.25) is 9.59 Å². The van der Waals surface area contributed by atoms with Gasteiger partial charge in [0.2, 0.25) is 5.91 Å². The average molecular weight is 480 g/mol. The smallest absolute Gasteiger partial charge is 0.319 e. The lowest BCUT2D eigenvalue weighted by atomic mass is 9.82. The molecule has 0 radical (unpaired) electrons. The van der Waals surface area contributed by atoms with Crippen LogP contribution in [0.5, 0.6) is 0 Å². The van der Waals surface area contributed by atoms with Crippen molar-refractivity contribution < 1.29 is 18.8 Å². The van der Waals surface area contributed by atoms with E-state index in [0.29, 0.717) is 23.7 Å². The van der Waals surface area contributed by atoms with Crippen LogP contribution in [0.1, 0.15) is 61.4 Å². The van der Waals surface area contributed by atoms with Crippen LogP contribution in [-0.4, -0.2) is 41.8 Å². The number of amides is 3. The maximum atomic E-state index is 13.5. The van der Waals surface area contributed by atoms with Gasteiger partial charge in [-0.2, -0.15) is 0 Å². The van der Waals surface area contributed by atoms with Crippen LogP contribution in [0.25, 0.3) is 0 Å². The second kappa shape index (κ2) is 11.5. The van der Waals surface area contributed by atoms with Crippen LogP contribution in [0, 0.1) is 17.7 Å². The number of hydrogen-bond donors (Lipinski definition) is 2. The minimum atomic E-state index is -0.358. The highest BCUT2D eigenvalue weighted by Gasteiger charge is 2.36. The Bertz CT molecular complexity index is 1060. The first-order valence-electron chi connectivity index (χ1n) is 12.6. The molecule has 35 heavy (non-hydrogen) atoms. The van der Waals surface area contributed by atoms with Crippen LogP contribution >= 0.6 is 0 Å². The van der Waals surface area contributed by atoms with Crippen LogP contribution in [0.3, 0.4) is 0 Å². The lowest BCUT2D eigenvalue weighted by Crippen LogP contribution is -2.52. The first-order valence-corrected chi connectivity index (χ1v) is 12.6. The molecule has 1 saturated heterocycles. The average Bonchev–Trinajstić information content (AvgIpc) is 2.85. The van der Waals surface area contributed by atoms with Gasteiger partial charge in [-0.25, -0.2) is 9.18 Å². The fourth-order valence-corrected chi connectivity index (χ4v) is 5.37. The van der Waals surface area contributed by atoms with Gasteiger partial charge in [0, 0.05) is 30.4 Å². The highest BCUT2D eigenvalue weighted by molar-refractivity contribution is 5.96. The lowest BCUT2D eigenvalue weighted by Gasteiger charge is -2.39. The molecule has 6 nitrogen and oxygen atoms in total. The van der Waals surface area contributed by atoms with Crippen molar-refractivity contribution in [3.05, 3.63) is 65.5 Å². The van der Waals surface area contributed by atoms with Gasteiger partial charge in [-0.1, -0.05) is 37.1 Å². The molecule has 1 heterocycles. The van der Waals surface area contributed by atoms with E-state index in [0.717, 1.165) is 57.1 Å². The van der Waals surface area contributed by atoms with Gasteiger partial charge in [0.1, 0.15) is 5.82 Å². The number of carbonyl (C=O) groups is 3. The summed E-state index contributed by atoms with van der Waals surface area (Å²) in [5.41, 5.74) is 2.18. The van der Waals surface area contributed by atoms with Gasteiger partial charge in [0.05, 0.1) is 5.92 Å². The Kier molecular flexibility index (Phi) is 8.16. The summed E-state index contributed by atoms with van der Waals surface area (Å²) in [6.07, 6.45) is 6.32. The Morgan fingerprint density at radius 3 is 2.54 bits per heavy atom. The predicted octanol–water partition coefficient (Wildman–Crippen LogP) is 5.19. The Morgan fingerprint density at radius 2 is 1.77 bits per heavy atom. The van der Waals surface area contributed by atoms with Gasteiger partial charge in [-0.15, -0.1) is 0 Å². The number of piperidine rings is 1. The molecule has 2 fully saturated rings. The maximum absolute atomic E-state index is 13.5. The largest absolute Gasteiger partial charge is 0.342 e. The number of benzene rings is 2. The van der Waals surface area contributed by atoms with E-state index in [1.807, 2.05) is 17.0 Å². The van der Waals surface area contributed by atoms with E-state index < -0.39 is 0 Å². The SMILES string of the molecule is CC(=O)c1cccc(NC(=O)N[C@@H]2CCCC[C@H]2C(=O)N2CCC[C@@H](Cc3ccc(F)cc3)C2)c1. The number of rotatable bonds is 6. The van der Waals surface area contributed by atoms with Crippen molar-refractivity contribution >= 4 is 23.4 Å². The highest BCUT2D eigenvalue weighted by Crippen LogP contribution is 2.29. The number of anilines is 1. The molecule has 3 amide bonds. The van der Waals surface area contributed by atoms with Crippen LogP contribution in [0.15, 0.2) is 48.5 Å². The molecule has 2 aromatic carbocycles. The molecule has 1 aliphatic heterocycles. The van der Waals surface area contributed by atoms with Crippen molar-refractivity contribution in [2.45, 2.75) is 57.9 Å². The molecule has 0 spiro atoms. The van der Waals surface area contributed by atoms with Gasteiger partial charge < -0.3 is 15.5 Å². The van der Waals surface area contributed by atoms with Crippen molar-refractivity contribution in [3.63, 3.8) is 0 Å². The molecule has 2 aliphatic rings. The number of Topliss-reactive ketones (excluding diaryl/α,β-unsaturated/α-hetero) is 1. The van der Waals surface area contributed by atoms with E-state index >= 15 is 0 Å². The molecule has 1 saturated carbocycles. The third-order valence-corrected chi connectivity index (χ3v) is 7.19. The standard InChI is InChI=1S/C28H34FN3O3/c1-19(33)22-7-4-8-24(17-22)30-28(35)31-26-10-3-2-9-25(26)27(34)32-15-5-6-21(18-32)16-20-11-13-23(29)14-12-20/h4,7-8,11-14,17,21,25-26H,2-3,5-6,9-10,15-16,18H2,1H3,(H2,30,31,35)/t21-,25+,26+/m0/s1. The third-order valence-electron chi connectivity index (χ3n) is 7.19. The molecule has 0 aromatic heterocycles. The summed E-state index contributed by atoms with van der Waals surface area (Å²) in [6, 6.07) is 12.9. The number of halogens is 1. The molecule has 7 heteroatoms. The quantitative estimate of drug-likeness (QED) is 0.560. The number of ketones is 1. The predicted molar refractivity (Wildman–Crippen MR) is 134 cm³/mol. The normalized spacial score (nSPS) is 22.3. The van der Waals surface area contributed by atoms with E-state index in [-0.39, 0.29) is 35.5 Å². The molecule has 186 valence electrons. The zero-order chi connectivity index (χ0) is 24.8. The molecule has 1 aliphatic carbocycles. The second-order valence-corrected chi connectivity index (χ2v) is 9.86. The molecular weight excluding hydrogens is 445 g/mol. The Balaban J connectivity index is 1.36. The van der Waals surface area contributed by atoms with Gasteiger partial charge in [-0.05, 0) is 74.8 Å². The molecule has 2 aromatic rings. The third kappa shape index (κ3) is 6.68. The Hall–Kier alpha value is -3.22. The minimum Gasteiger partial charge on any atom is -0.342 e. The summed E-state index contributed by atoms with van der Waals surface area (Å²) in [7, 11) is 0. The van der Waals surface area contributed by atoms with Gasteiger partial charge >= 0.3 is 6.03 Å². The first kappa shape index (κ1) is 24.9. The maximum Gasteiger partial charge on any atom is 0.319 e. The summed E-state index contributed by atoms with van der Waals surface area (Å²) in [5.74, 6) is -0.0584. The summed E-state index contributed by atoms with van der Waals surface area (Å²) < 4.78 is 13.2. The van der Waals surface area contributed by atoms with Crippen molar-refractivity contribution in [1.29, 1.82) is 0 Å². The summed E-state index contributed by atoms with van der Waals surface area (Å²) in [5, 5.41) is 5.83. The highest BCUT2D eigenvalue weighted by atomic mass is 19.1. The monoisotopic (exact) mass is 479 g/mol. The summed E-state index contributed by atoms with van der Waals surface area (Å²) in [6.45, 7) is 2.93. The zero-order valence-electron chi connectivity index (χ0n) is 20.3. The molecule has 3 atom stereocenters. The molecule has 4 rings (SSSR count). The van der Waals surface area contributed by atoms with Crippen LogP contribution in [0.2, 0.25) is 0 Å². The van der Waals surface area contributed by atoms with E-state index in [4.69, 9.17) is 0 Å². The number of urea groups is 1. The second-order valence-electron chi connectivity index (χ2n) is 9.86. The minimum absolute atomic E-state index is 0.0636. The molecule has 2 N–H and O–H groups in total.